The van der Waals surface area contributed by atoms with Gasteiger partial charge in [-0.3, -0.25) is 4.79 Å². The Balaban J connectivity index is 1.82. The topological polar surface area (TPSA) is 94.2 Å². The second-order valence-corrected chi connectivity index (χ2v) is 8.83. The van der Waals surface area contributed by atoms with Crippen LogP contribution < -0.4 is 14.2 Å². The summed E-state index contributed by atoms with van der Waals surface area (Å²) in [5.74, 6) is 0.773. The van der Waals surface area contributed by atoms with E-state index in [1.54, 1.807) is 24.0 Å². The number of carbonyl (C=O) groups excluding carboxylic acids is 1. The van der Waals surface area contributed by atoms with Crippen LogP contribution in [-0.4, -0.2) is 59.2 Å². The summed E-state index contributed by atoms with van der Waals surface area (Å²) < 4.78 is 44.7. The third kappa shape index (κ3) is 5.55. The van der Waals surface area contributed by atoms with Gasteiger partial charge in [0.25, 0.3) is 5.91 Å². The average Bonchev–Trinajstić information content (AvgIpc) is 2.79. The van der Waals surface area contributed by atoms with Crippen LogP contribution in [0.5, 0.6) is 11.5 Å². The summed E-state index contributed by atoms with van der Waals surface area (Å²) >= 11 is 0. The Morgan fingerprint density at radius 2 is 1.84 bits per heavy atom. The molecule has 1 heterocycles. The summed E-state index contributed by atoms with van der Waals surface area (Å²) in [4.78, 5) is 14.6. The van der Waals surface area contributed by atoms with Crippen molar-refractivity contribution in [3.8, 4) is 11.5 Å². The number of benzene rings is 2. The minimum atomic E-state index is -3.87. The quantitative estimate of drug-likeness (QED) is 0.667. The van der Waals surface area contributed by atoms with Gasteiger partial charge in [0.2, 0.25) is 10.0 Å². The Morgan fingerprint density at radius 3 is 2.45 bits per heavy atom. The highest BCUT2D eigenvalue weighted by molar-refractivity contribution is 7.89. The normalized spacial score (nSPS) is 15.4. The summed E-state index contributed by atoms with van der Waals surface area (Å²) in [7, 11) is -2.42. The first-order valence-corrected chi connectivity index (χ1v) is 11.6. The number of hydrogen-bond donors (Lipinski definition) is 1. The highest BCUT2D eigenvalue weighted by atomic mass is 32.2. The summed E-state index contributed by atoms with van der Waals surface area (Å²) in [5, 5.41) is 0. The van der Waals surface area contributed by atoms with E-state index in [1.165, 1.54) is 25.3 Å². The minimum Gasteiger partial charge on any atom is -0.496 e. The van der Waals surface area contributed by atoms with Crippen molar-refractivity contribution in [2.75, 3.05) is 40.0 Å². The molecule has 1 aliphatic heterocycles. The van der Waals surface area contributed by atoms with Crippen LogP contribution in [-0.2, 0) is 14.8 Å². The molecule has 1 aliphatic rings. The monoisotopic (exact) mass is 448 g/mol. The molecule has 0 saturated carbocycles. The van der Waals surface area contributed by atoms with Crippen LogP contribution in [0, 0.1) is 0 Å². The number of amides is 1. The number of hydrogen-bond acceptors (Lipinski definition) is 6. The number of morpholine rings is 1. The molecule has 0 bridgehead atoms. The number of sulfonamides is 1. The van der Waals surface area contributed by atoms with Gasteiger partial charge in [-0.1, -0.05) is 12.1 Å². The smallest absolute Gasteiger partial charge is 0.257 e. The number of nitrogens with zero attached hydrogens (tertiary/aromatic N) is 1. The van der Waals surface area contributed by atoms with Gasteiger partial charge in [-0.2, -0.15) is 0 Å². The number of rotatable bonds is 8. The highest BCUT2D eigenvalue weighted by Gasteiger charge is 2.25. The summed E-state index contributed by atoms with van der Waals surface area (Å²) in [6, 6.07) is 11.1. The van der Waals surface area contributed by atoms with E-state index in [0.29, 0.717) is 38.7 Å². The molecular formula is C22H28N2O6S. The molecule has 8 nitrogen and oxygen atoms in total. The second kappa shape index (κ2) is 10.1. The van der Waals surface area contributed by atoms with Gasteiger partial charge in [0, 0.05) is 19.1 Å². The molecule has 1 saturated heterocycles. The van der Waals surface area contributed by atoms with Gasteiger partial charge in [-0.15, -0.1) is 0 Å². The lowest BCUT2D eigenvalue weighted by Crippen LogP contribution is -2.40. The maximum atomic E-state index is 13.0. The zero-order valence-electron chi connectivity index (χ0n) is 18.0. The number of methoxy groups -OCH3 is 1. The SMILES string of the molecule is CCOc1ccc([C@@H](C)NS(=O)(=O)c2ccc(OC)c(C(=O)N3CCOCC3)c2)cc1. The van der Waals surface area contributed by atoms with Crippen molar-refractivity contribution in [2.45, 2.75) is 24.8 Å². The van der Waals surface area contributed by atoms with E-state index >= 15 is 0 Å². The van der Waals surface area contributed by atoms with E-state index in [-0.39, 0.29) is 16.4 Å². The Labute approximate surface area is 183 Å². The number of carbonyl (C=O) groups is 1. The molecule has 2 aromatic carbocycles. The van der Waals surface area contributed by atoms with Crippen molar-refractivity contribution >= 4 is 15.9 Å². The van der Waals surface area contributed by atoms with Crippen LogP contribution in [0.15, 0.2) is 47.4 Å². The fourth-order valence-corrected chi connectivity index (χ4v) is 4.60. The molecule has 1 N–H and O–H groups in total. The molecule has 1 amide bonds. The van der Waals surface area contributed by atoms with Gasteiger partial charge in [-0.05, 0) is 49.7 Å². The molecule has 0 aromatic heterocycles. The number of ether oxygens (including phenoxy) is 3. The Kier molecular flexibility index (Phi) is 7.53. The van der Waals surface area contributed by atoms with E-state index in [2.05, 4.69) is 4.72 Å². The lowest BCUT2D eigenvalue weighted by Gasteiger charge is -2.27. The van der Waals surface area contributed by atoms with Crippen molar-refractivity contribution in [3.63, 3.8) is 0 Å². The molecule has 0 radical (unpaired) electrons. The van der Waals surface area contributed by atoms with Crippen LogP contribution in [0.1, 0.15) is 35.8 Å². The highest BCUT2D eigenvalue weighted by Crippen LogP contribution is 2.26. The Morgan fingerprint density at radius 1 is 1.16 bits per heavy atom. The summed E-state index contributed by atoms with van der Waals surface area (Å²) in [5.41, 5.74) is 1.01. The molecule has 9 heteroatoms. The number of nitrogens with one attached hydrogen (secondary N) is 1. The Hall–Kier alpha value is -2.62. The Bertz CT molecular complexity index is 1000. The molecule has 3 rings (SSSR count). The fourth-order valence-electron chi connectivity index (χ4n) is 3.35. The molecule has 1 atom stereocenters. The molecule has 0 spiro atoms. The predicted molar refractivity (Wildman–Crippen MR) is 116 cm³/mol. The van der Waals surface area contributed by atoms with Gasteiger partial charge < -0.3 is 19.1 Å². The lowest BCUT2D eigenvalue weighted by molar-refractivity contribution is 0.0300. The van der Waals surface area contributed by atoms with E-state index in [9.17, 15) is 13.2 Å². The van der Waals surface area contributed by atoms with E-state index < -0.39 is 16.1 Å². The minimum absolute atomic E-state index is 0.00250. The standard InChI is InChI=1S/C22H28N2O6S/c1-4-30-18-7-5-17(6-8-18)16(2)23-31(26,27)19-9-10-21(28-3)20(15-19)22(25)24-11-13-29-14-12-24/h5-10,15-16,23H,4,11-14H2,1-3H3/t16-/m1/s1. The van der Waals surface area contributed by atoms with Crippen LogP contribution in [0.25, 0.3) is 0 Å². The van der Waals surface area contributed by atoms with Gasteiger partial charge in [0.05, 0.1) is 37.4 Å². The third-order valence-corrected chi connectivity index (χ3v) is 6.57. The van der Waals surface area contributed by atoms with E-state index in [1.807, 2.05) is 19.1 Å². The zero-order chi connectivity index (χ0) is 22.4. The fraction of sp³-hybridized carbons (Fsp3) is 0.409. The summed E-state index contributed by atoms with van der Waals surface area (Å²) in [6.45, 7) is 6.02. The van der Waals surface area contributed by atoms with Crippen molar-refractivity contribution in [2.24, 2.45) is 0 Å². The molecule has 2 aromatic rings. The predicted octanol–water partition coefficient (Wildman–Crippen LogP) is 2.61. The van der Waals surface area contributed by atoms with E-state index in [0.717, 1.165) is 11.3 Å². The average molecular weight is 449 g/mol. The molecule has 0 unspecified atom stereocenters. The van der Waals surface area contributed by atoms with Crippen LogP contribution >= 0.6 is 0 Å². The second-order valence-electron chi connectivity index (χ2n) is 7.11. The maximum absolute atomic E-state index is 13.0. The van der Waals surface area contributed by atoms with Crippen LogP contribution in [0.3, 0.4) is 0 Å². The van der Waals surface area contributed by atoms with Gasteiger partial charge in [0.15, 0.2) is 0 Å². The van der Waals surface area contributed by atoms with E-state index in [4.69, 9.17) is 14.2 Å². The molecule has 31 heavy (non-hydrogen) atoms. The summed E-state index contributed by atoms with van der Waals surface area (Å²) in [6.07, 6.45) is 0. The van der Waals surface area contributed by atoms with Gasteiger partial charge >= 0.3 is 0 Å². The van der Waals surface area contributed by atoms with Crippen molar-refractivity contribution in [1.29, 1.82) is 0 Å². The third-order valence-electron chi connectivity index (χ3n) is 5.03. The maximum Gasteiger partial charge on any atom is 0.257 e. The van der Waals surface area contributed by atoms with Crippen molar-refractivity contribution < 1.29 is 27.4 Å². The first kappa shape index (κ1) is 23.1. The first-order chi connectivity index (χ1) is 14.9. The van der Waals surface area contributed by atoms with Crippen LogP contribution in [0.2, 0.25) is 0 Å². The molecule has 1 fully saturated rings. The van der Waals surface area contributed by atoms with Gasteiger partial charge in [-0.25, -0.2) is 13.1 Å². The van der Waals surface area contributed by atoms with Crippen molar-refractivity contribution in [3.05, 3.63) is 53.6 Å². The zero-order valence-corrected chi connectivity index (χ0v) is 18.8. The molecule has 168 valence electrons. The van der Waals surface area contributed by atoms with Gasteiger partial charge in [0.1, 0.15) is 11.5 Å². The molecular weight excluding hydrogens is 420 g/mol. The van der Waals surface area contributed by atoms with Crippen molar-refractivity contribution in [1.82, 2.24) is 9.62 Å². The molecule has 0 aliphatic carbocycles. The largest absolute Gasteiger partial charge is 0.496 e. The lowest BCUT2D eigenvalue weighted by atomic mass is 10.1. The van der Waals surface area contributed by atoms with Crippen LogP contribution in [0.4, 0.5) is 0 Å². The first-order valence-electron chi connectivity index (χ1n) is 10.2.